The molecule has 0 saturated heterocycles. The van der Waals surface area contributed by atoms with E-state index < -0.39 is 20.9 Å². The van der Waals surface area contributed by atoms with Crippen molar-refractivity contribution >= 4 is 27.3 Å². The topological polar surface area (TPSA) is 132 Å². The zero-order valence-electron chi connectivity index (χ0n) is 15.3. The first-order valence-corrected chi connectivity index (χ1v) is 9.93. The number of hydrogen-bond donors (Lipinski definition) is 2. The molecule has 0 unspecified atom stereocenters. The Balaban J connectivity index is 1.76. The predicted molar refractivity (Wildman–Crippen MR) is 105 cm³/mol. The van der Waals surface area contributed by atoms with E-state index in [9.17, 15) is 23.3 Å². The van der Waals surface area contributed by atoms with Gasteiger partial charge in [-0.2, -0.15) is 0 Å². The number of carbonyl (C=O) groups is 1. The minimum Gasteiger partial charge on any atom is -0.468 e. The first-order valence-electron chi connectivity index (χ1n) is 8.45. The highest BCUT2D eigenvalue weighted by Gasteiger charge is 2.17. The van der Waals surface area contributed by atoms with Gasteiger partial charge in [0, 0.05) is 22.9 Å². The minimum atomic E-state index is -3.83. The van der Waals surface area contributed by atoms with Crippen molar-refractivity contribution in [3.8, 4) is 0 Å². The molecule has 3 rings (SSSR count). The summed E-state index contributed by atoms with van der Waals surface area (Å²) < 4.78 is 32.4. The molecule has 1 aromatic heterocycles. The first kappa shape index (κ1) is 20.2. The normalized spacial score (nSPS) is 11.2. The van der Waals surface area contributed by atoms with Crippen LogP contribution in [-0.2, 0) is 16.6 Å². The smallest absolute Gasteiger partial charge is 0.273 e. The number of carbonyl (C=O) groups excluding carboxylic acids is 1. The zero-order chi connectivity index (χ0) is 21.0. The van der Waals surface area contributed by atoms with Crippen LogP contribution in [-0.4, -0.2) is 19.2 Å². The van der Waals surface area contributed by atoms with Crippen LogP contribution in [0.2, 0.25) is 0 Å². The fourth-order valence-corrected chi connectivity index (χ4v) is 3.59. The van der Waals surface area contributed by atoms with E-state index in [4.69, 9.17) is 4.42 Å². The van der Waals surface area contributed by atoms with Gasteiger partial charge in [-0.25, -0.2) is 13.1 Å². The van der Waals surface area contributed by atoms with Gasteiger partial charge in [0.15, 0.2) is 0 Å². The molecule has 2 N–H and O–H groups in total. The third kappa shape index (κ3) is 4.86. The van der Waals surface area contributed by atoms with Gasteiger partial charge in [0.1, 0.15) is 5.76 Å². The van der Waals surface area contributed by atoms with Crippen molar-refractivity contribution in [2.75, 3.05) is 5.32 Å². The molecular weight excluding hydrogens is 398 g/mol. The van der Waals surface area contributed by atoms with Gasteiger partial charge in [-0.3, -0.25) is 14.9 Å². The largest absolute Gasteiger partial charge is 0.468 e. The van der Waals surface area contributed by atoms with Crippen LogP contribution in [0.15, 0.2) is 70.2 Å². The molecule has 150 valence electrons. The van der Waals surface area contributed by atoms with Gasteiger partial charge < -0.3 is 9.73 Å². The molecule has 10 heteroatoms. The number of nitro groups is 1. The summed E-state index contributed by atoms with van der Waals surface area (Å²) in [4.78, 5) is 22.9. The summed E-state index contributed by atoms with van der Waals surface area (Å²) in [5, 5.41) is 13.6. The van der Waals surface area contributed by atoms with E-state index in [0.29, 0.717) is 11.3 Å². The second kappa shape index (κ2) is 8.25. The van der Waals surface area contributed by atoms with Gasteiger partial charge in [-0.05, 0) is 43.3 Å². The van der Waals surface area contributed by atoms with Gasteiger partial charge >= 0.3 is 0 Å². The van der Waals surface area contributed by atoms with E-state index in [-0.39, 0.29) is 28.4 Å². The maximum atomic E-state index is 12.5. The van der Waals surface area contributed by atoms with E-state index in [1.165, 1.54) is 48.7 Å². The molecule has 0 aliphatic carbocycles. The third-order valence-electron chi connectivity index (χ3n) is 4.09. The van der Waals surface area contributed by atoms with Crippen molar-refractivity contribution in [1.29, 1.82) is 0 Å². The molecule has 0 radical (unpaired) electrons. The number of aryl methyl sites for hydroxylation is 1. The Kier molecular flexibility index (Phi) is 5.76. The van der Waals surface area contributed by atoms with Crippen LogP contribution in [0.25, 0.3) is 0 Å². The van der Waals surface area contributed by atoms with Crippen molar-refractivity contribution in [1.82, 2.24) is 4.72 Å². The van der Waals surface area contributed by atoms with Gasteiger partial charge in [0.25, 0.3) is 11.6 Å². The molecule has 2 aromatic carbocycles. The number of hydrogen-bond acceptors (Lipinski definition) is 6. The second-order valence-corrected chi connectivity index (χ2v) is 7.91. The Hall–Kier alpha value is -3.50. The van der Waals surface area contributed by atoms with Gasteiger partial charge in [0.05, 0.1) is 22.6 Å². The summed E-state index contributed by atoms with van der Waals surface area (Å²) in [6.45, 7) is 1.56. The molecule has 0 saturated carbocycles. The van der Waals surface area contributed by atoms with E-state index >= 15 is 0 Å². The van der Waals surface area contributed by atoms with Crippen molar-refractivity contribution in [2.45, 2.75) is 18.4 Å². The Labute approximate surface area is 166 Å². The highest BCUT2D eigenvalue weighted by atomic mass is 32.2. The third-order valence-corrected chi connectivity index (χ3v) is 5.49. The zero-order valence-corrected chi connectivity index (χ0v) is 16.1. The monoisotopic (exact) mass is 415 g/mol. The second-order valence-electron chi connectivity index (χ2n) is 6.14. The number of anilines is 1. The summed E-state index contributed by atoms with van der Waals surface area (Å²) in [7, 11) is -3.83. The van der Waals surface area contributed by atoms with Gasteiger partial charge in [-0.1, -0.05) is 12.1 Å². The Morgan fingerprint density at radius 3 is 2.62 bits per heavy atom. The number of nitrogens with one attached hydrogen (secondary N) is 2. The molecule has 1 heterocycles. The SMILES string of the molecule is Cc1ccc(C(=O)Nc2cccc(S(=O)(=O)NCc3ccco3)c2)cc1[N+](=O)[O-]. The molecule has 0 bridgehead atoms. The quantitative estimate of drug-likeness (QED) is 0.450. The molecule has 29 heavy (non-hydrogen) atoms. The summed E-state index contributed by atoms with van der Waals surface area (Å²) in [6.07, 6.45) is 1.44. The van der Waals surface area contributed by atoms with Crippen LogP contribution in [0.4, 0.5) is 11.4 Å². The van der Waals surface area contributed by atoms with Crippen LogP contribution >= 0.6 is 0 Å². The van der Waals surface area contributed by atoms with Crippen LogP contribution in [0.5, 0.6) is 0 Å². The molecule has 0 atom stereocenters. The number of nitro benzene ring substituents is 1. The average Bonchev–Trinajstić information content (AvgIpc) is 3.20. The van der Waals surface area contributed by atoms with E-state index in [0.717, 1.165) is 0 Å². The van der Waals surface area contributed by atoms with Crippen LogP contribution in [0.3, 0.4) is 0 Å². The molecule has 0 spiro atoms. The van der Waals surface area contributed by atoms with Gasteiger partial charge in [-0.15, -0.1) is 0 Å². The molecule has 0 aliphatic rings. The molecule has 0 fully saturated rings. The Morgan fingerprint density at radius 1 is 1.14 bits per heavy atom. The first-order chi connectivity index (χ1) is 13.8. The van der Waals surface area contributed by atoms with E-state index in [2.05, 4.69) is 10.0 Å². The summed E-state index contributed by atoms with van der Waals surface area (Å²) in [5.41, 5.74) is 0.587. The Morgan fingerprint density at radius 2 is 1.93 bits per heavy atom. The average molecular weight is 415 g/mol. The fraction of sp³-hybridized carbons (Fsp3) is 0.105. The molecule has 1 amide bonds. The summed E-state index contributed by atoms with van der Waals surface area (Å²) in [5.74, 6) is -0.134. The van der Waals surface area contributed by atoms with E-state index in [1.807, 2.05) is 0 Å². The number of sulfonamides is 1. The van der Waals surface area contributed by atoms with Crippen LogP contribution in [0, 0.1) is 17.0 Å². The lowest BCUT2D eigenvalue weighted by molar-refractivity contribution is -0.385. The van der Waals surface area contributed by atoms with Crippen LogP contribution < -0.4 is 10.0 Å². The number of benzene rings is 2. The number of amides is 1. The van der Waals surface area contributed by atoms with Crippen molar-refractivity contribution in [2.24, 2.45) is 0 Å². The summed E-state index contributed by atoms with van der Waals surface area (Å²) >= 11 is 0. The minimum absolute atomic E-state index is 0.0149. The summed E-state index contributed by atoms with van der Waals surface area (Å²) in [6, 6.07) is 13.1. The Bertz CT molecular complexity index is 1160. The number of rotatable bonds is 7. The number of nitrogens with zero attached hydrogens (tertiary/aromatic N) is 1. The highest BCUT2D eigenvalue weighted by Crippen LogP contribution is 2.21. The van der Waals surface area contributed by atoms with Crippen molar-refractivity contribution in [3.05, 3.63) is 87.9 Å². The molecule has 9 nitrogen and oxygen atoms in total. The number of furan rings is 1. The van der Waals surface area contributed by atoms with Crippen LogP contribution in [0.1, 0.15) is 21.7 Å². The lowest BCUT2D eigenvalue weighted by atomic mass is 10.1. The van der Waals surface area contributed by atoms with Crippen molar-refractivity contribution < 1.29 is 22.6 Å². The lowest BCUT2D eigenvalue weighted by Crippen LogP contribution is -2.23. The highest BCUT2D eigenvalue weighted by molar-refractivity contribution is 7.89. The van der Waals surface area contributed by atoms with E-state index in [1.54, 1.807) is 19.1 Å². The molecule has 0 aliphatic heterocycles. The fourth-order valence-electron chi connectivity index (χ4n) is 2.55. The lowest BCUT2D eigenvalue weighted by Gasteiger charge is -2.09. The maximum absolute atomic E-state index is 12.5. The predicted octanol–water partition coefficient (Wildman–Crippen LogP) is 3.23. The van der Waals surface area contributed by atoms with Crippen molar-refractivity contribution in [3.63, 3.8) is 0 Å². The standard InChI is InChI=1S/C19H17N3O6S/c1-13-7-8-14(10-18(13)22(24)25)19(23)21-15-4-2-6-17(11-15)29(26,27)20-12-16-5-3-9-28-16/h2-11,20H,12H2,1H3,(H,21,23). The molecular formula is C19H17N3O6S. The van der Waals surface area contributed by atoms with Gasteiger partial charge in [0.2, 0.25) is 10.0 Å². The molecule has 3 aromatic rings. The maximum Gasteiger partial charge on any atom is 0.273 e.